The number of aliphatic hydroxyl groups is 1. The minimum absolute atomic E-state index is 0.121. The maximum absolute atomic E-state index is 8.95. The Morgan fingerprint density at radius 2 is 2.08 bits per heavy atom. The lowest BCUT2D eigenvalue weighted by molar-refractivity contribution is 0.299. The summed E-state index contributed by atoms with van der Waals surface area (Å²) in [6.07, 6.45) is 2.38. The molecule has 2 aromatic heterocycles. The summed E-state index contributed by atoms with van der Waals surface area (Å²) in [5, 5.41) is 11.8. The van der Waals surface area contributed by atoms with Gasteiger partial charge in [-0.05, 0) is 35.7 Å². The fourth-order valence-electron chi connectivity index (χ4n) is 2.24. The van der Waals surface area contributed by atoms with E-state index in [-0.39, 0.29) is 6.61 Å². The molecule has 0 radical (unpaired) electrons. The molecule has 3 N–H and O–H groups in total. The van der Waals surface area contributed by atoms with Crippen LogP contribution >= 0.6 is 24.0 Å². The molecule has 0 amide bonds. The Hall–Kier alpha value is -2.15. The van der Waals surface area contributed by atoms with Crippen molar-refractivity contribution in [2.45, 2.75) is 11.3 Å². The average molecular weight is 355 g/mol. The van der Waals surface area contributed by atoms with Crippen molar-refractivity contribution in [2.24, 2.45) is 0 Å². The number of thiazole rings is 1. The molecule has 0 aliphatic carbocycles. The lowest BCUT2D eigenvalue weighted by Gasteiger charge is -2.05. The first kappa shape index (κ1) is 16.7. The van der Waals surface area contributed by atoms with Gasteiger partial charge in [0.2, 0.25) is 0 Å². The molecule has 0 fully saturated rings. The number of rotatable bonds is 5. The molecule has 24 heavy (non-hydrogen) atoms. The van der Waals surface area contributed by atoms with Crippen LogP contribution in [-0.2, 0) is 6.42 Å². The number of nitrogen functional groups attached to an aromatic ring is 1. The molecule has 2 heterocycles. The van der Waals surface area contributed by atoms with Crippen molar-refractivity contribution in [3.05, 3.63) is 64.6 Å². The van der Waals surface area contributed by atoms with E-state index in [1.165, 1.54) is 11.3 Å². The third-order valence-electron chi connectivity index (χ3n) is 3.63. The Balaban J connectivity index is 1.84. The van der Waals surface area contributed by atoms with Crippen molar-refractivity contribution in [1.82, 2.24) is 9.97 Å². The molecule has 0 aliphatic rings. The highest BCUT2D eigenvalue weighted by Crippen LogP contribution is 2.30. The average Bonchev–Trinajstić information content (AvgIpc) is 3.08. The first-order valence-electron chi connectivity index (χ1n) is 7.38. The number of aliphatic hydroxyl groups excluding tert-OH is 1. The van der Waals surface area contributed by atoms with Crippen LogP contribution < -0.4 is 5.73 Å². The summed E-state index contributed by atoms with van der Waals surface area (Å²) < 4.78 is 0. The number of hydrogen-bond donors (Lipinski definition) is 3. The van der Waals surface area contributed by atoms with Crippen LogP contribution in [0.25, 0.3) is 17.0 Å². The zero-order chi connectivity index (χ0) is 17.1. The van der Waals surface area contributed by atoms with E-state index >= 15 is 0 Å². The highest BCUT2D eigenvalue weighted by Gasteiger charge is 2.11. The molecule has 6 heteroatoms. The van der Waals surface area contributed by atoms with E-state index < -0.39 is 0 Å². The summed E-state index contributed by atoms with van der Waals surface area (Å²) >= 11 is 5.88. The van der Waals surface area contributed by atoms with Gasteiger partial charge in [-0.1, -0.05) is 18.7 Å². The van der Waals surface area contributed by atoms with E-state index in [0.29, 0.717) is 12.1 Å². The Morgan fingerprint density at radius 3 is 2.75 bits per heavy atom. The largest absolute Gasteiger partial charge is 0.398 e. The summed E-state index contributed by atoms with van der Waals surface area (Å²) in [4.78, 5) is 9.78. The Kier molecular flexibility index (Phi) is 4.99. The van der Waals surface area contributed by atoms with Gasteiger partial charge in [-0.3, -0.25) is 4.98 Å². The first-order valence-corrected chi connectivity index (χ1v) is 8.71. The molecule has 0 saturated heterocycles. The quantitative estimate of drug-likeness (QED) is 0.482. The fourth-order valence-corrected chi connectivity index (χ4v) is 3.26. The van der Waals surface area contributed by atoms with Crippen LogP contribution in [0, 0.1) is 0 Å². The fraction of sp³-hybridized carbons (Fsp3) is 0.111. The Bertz CT molecular complexity index is 872. The topological polar surface area (TPSA) is 72.0 Å². The van der Waals surface area contributed by atoms with Crippen LogP contribution in [0.4, 0.5) is 5.69 Å². The first-order chi connectivity index (χ1) is 11.6. The normalized spacial score (nSPS) is 10.8. The Labute approximate surface area is 150 Å². The molecule has 3 aromatic rings. The van der Waals surface area contributed by atoms with E-state index in [9.17, 15) is 0 Å². The van der Waals surface area contributed by atoms with E-state index in [1.54, 1.807) is 6.20 Å². The maximum atomic E-state index is 8.95. The van der Waals surface area contributed by atoms with Gasteiger partial charge >= 0.3 is 0 Å². The van der Waals surface area contributed by atoms with Crippen molar-refractivity contribution < 1.29 is 5.11 Å². The summed E-state index contributed by atoms with van der Waals surface area (Å²) in [7, 11) is 0. The van der Waals surface area contributed by atoms with E-state index in [1.807, 2.05) is 35.7 Å². The molecular formula is C18H17N3OS2. The van der Waals surface area contributed by atoms with Gasteiger partial charge in [0.15, 0.2) is 0 Å². The number of nitrogens with zero attached hydrogens (tertiary/aromatic N) is 2. The zero-order valence-electron chi connectivity index (χ0n) is 12.9. The molecule has 1 aromatic carbocycles. The lowest BCUT2D eigenvalue weighted by atomic mass is 10.1. The number of thiol groups is 1. The molecule has 0 unspecified atom stereocenters. The van der Waals surface area contributed by atoms with Crippen molar-refractivity contribution >= 4 is 35.2 Å². The van der Waals surface area contributed by atoms with Gasteiger partial charge in [-0.25, -0.2) is 4.98 Å². The highest BCUT2D eigenvalue weighted by atomic mass is 32.1. The van der Waals surface area contributed by atoms with Gasteiger partial charge in [-0.2, -0.15) is 0 Å². The standard InChI is InChI=1S/C18H17N3OS2/c1-11(13-3-4-14(19)17(23)8-13)18-21-16(10-24-18)15-5-2-12(6-7-22)9-20-15/h2-5,8-10,22-23H,1,6-7,19H2. The van der Waals surface area contributed by atoms with Gasteiger partial charge in [0.25, 0.3) is 0 Å². The van der Waals surface area contributed by atoms with Crippen LogP contribution in [0.1, 0.15) is 16.1 Å². The summed E-state index contributed by atoms with van der Waals surface area (Å²) in [5.74, 6) is 0. The van der Waals surface area contributed by atoms with Gasteiger partial charge in [0.1, 0.15) is 10.7 Å². The van der Waals surface area contributed by atoms with Crippen LogP contribution in [0.15, 0.2) is 53.4 Å². The maximum Gasteiger partial charge on any atom is 0.124 e. The van der Waals surface area contributed by atoms with Gasteiger partial charge in [0.05, 0.1) is 5.69 Å². The number of benzene rings is 1. The molecule has 0 aliphatic heterocycles. The second kappa shape index (κ2) is 7.17. The molecule has 4 nitrogen and oxygen atoms in total. The number of anilines is 1. The Morgan fingerprint density at radius 1 is 1.25 bits per heavy atom. The zero-order valence-corrected chi connectivity index (χ0v) is 14.6. The van der Waals surface area contributed by atoms with Crippen molar-refractivity contribution in [2.75, 3.05) is 12.3 Å². The van der Waals surface area contributed by atoms with Gasteiger partial charge in [0, 0.05) is 34.3 Å². The van der Waals surface area contributed by atoms with Crippen LogP contribution in [0.3, 0.4) is 0 Å². The smallest absolute Gasteiger partial charge is 0.124 e. The summed E-state index contributed by atoms with van der Waals surface area (Å²) in [6.45, 7) is 4.26. The van der Waals surface area contributed by atoms with Crippen molar-refractivity contribution in [3.63, 3.8) is 0 Å². The van der Waals surface area contributed by atoms with E-state index in [2.05, 4.69) is 29.2 Å². The number of hydrogen-bond acceptors (Lipinski definition) is 6. The predicted molar refractivity (Wildman–Crippen MR) is 102 cm³/mol. The monoisotopic (exact) mass is 355 g/mol. The van der Waals surface area contributed by atoms with Gasteiger partial charge in [-0.15, -0.1) is 24.0 Å². The summed E-state index contributed by atoms with van der Waals surface area (Å²) in [6, 6.07) is 9.50. The molecule has 0 bridgehead atoms. The SMILES string of the molecule is C=C(c1ccc(N)c(S)c1)c1nc(-c2ccc(CCO)cn2)cs1. The van der Waals surface area contributed by atoms with E-state index in [0.717, 1.165) is 38.0 Å². The number of nitrogens with two attached hydrogens (primary N) is 1. The molecule has 0 atom stereocenters. The molecule has 0 spiro atoms. The third kappa shape index (κ3) is 3.51. The predicted octanol–water partition coefficient (Wildman–Crippen LogP) is 3.67. The van der Waals surface area contributed by atoms with Crippen LogP contribution in [-0.4, -0.2) is 21.7 Å². The second-order valence-corrected chi connectivity index (χ2v) is 6.66. The van der Waals surface area contributed by atoms with Crippen molar-refractivity contribution in [1.29, 1.82) is 0 Å². The molecule has 3 rings (SSSR count). The van der Waals surface area contributed by atoms with Crippen LogP contribution in [0.2, 0.25) is 0 Å². The number of aromatic nitrogens is 2. The highest BCUT2D eigenvalue weighted by molar-refractivity contribution is 7.80. The number of pyridine rings is 1. The van der Waals surface area contributed by atoms with E-state index in [4.69, 9.17) is 10.8 Å². The summed E-state index contributed by atoms with van der Waals surface area (Å²) in [5.41, 5.74) is 10.8. The minimum Gasteiger partial charge on any atom is -0.398 e. The molecular weight excluding hydrogens is 338 g/mol. The third-order valence-corrected chi connectivity index (χ3v) is 4.92. The van der Waals surface area contributed by atoms with Crippen molar-refractivity contribution in [3.8, 4) is 11.4 Å². The second-order valence-electron chi connectivity index (χ2n) is 5.32. The van der Waals surface area contributed by atoms with Crippen LogP contribution in [0.5, 0.6) is 0 Å². The van der Waals surface area contributed by atoms with Gasteiger partial charge < -0.3 is 10.8 Å². The lowest BCUT2D eigenvalue weighted by Crippen LogP contribution is -1.93. The molecule has 122 valence electrons. The molecule has 0 saturated carbocycles. The minimum atomic E-state index is 0.121.